The van der Waals surface area contributed by atoms with Crippen LogP contribution < -0.4 is 11.1 Å². The van der Waals surface area contributed by atoms with E-state index in [4.69, 9.17) is 15.2 Å². The summed E-state index contributed by atoms with van der Waals surface area (Å²) in [5.74, 6) is -0.0650. The molecule has 0 radical (unpaired) electrons. The minimum atomic E-state index is -0.754. The zero-order chi connectivity index (χ0) is 27.9. The van der Waals surface area contributed by atoms with E-state index in [9.17, 15) is 14.7 Å². The van der Waals surface area contributed by atoms with Crippen LogP contribution in [0.5, 0.6) is 0 Å². The first-order valence-corrected chi connectivity index (χ1v) is 12.9. The summed E-state index contributed by atoms with van der Waals surface area (Å²) in [5.41, 5.74) is 11.7. The van der Waals surface area contributed by atoms with E-state index in [2.05, 4.69) is 10.5 Å². The van der Waals surface area contributed by atoms with Gasteiger partial charge >= 0.3 is 5.97 Å². The molecule has 1 saturated carbocycles. The van der Waals surface area contributed by atoms with Gasteiger partial charge in [0.2, 0.25) is 5.91 Å². The molecule has 0 atom stereocenters. The maximum absolute atomic E-state index is 11.6. The summed E-state index contributed by atoms with van der Waals surface area (Å²) in [6, 6.07) is 28.3. The minimum Gasteiger partial charge on any atom is -0.481 e. The molecule has 0 aliphatic heterocycles. The van der Waals surface area contributed by atoms with Gasteiger partial charge in [0, 0.05) is 16.7 Å². The largest absolute Gasteiger partial charge is 0.481 e. The first-order valence-electron chi connectivity index (χ1n) is 12.9. The molecule has 1 aliphatic rings. The lowest BCUT2D eigenvalue weighted by Gasteiger charge is -2.11. The van der Waals surface area contributed by atoms with Gasteiger partial charge in [-0.2, -0.15) is 0 Å². The maximum Gasteiger partial charge on any atom is 0.314 e. The van der Waals surface area contributed by atoms with Crippen molar-refractivity contribution in [3.05, 3.63) is 108 Å². The van der Waals surface area contributed by atoms with Gasteiger partial charge in [0.05, 0.1) is 11.1 Å². The Morgan fingerprint density at radius 2 is 1.52 bits per heavy atom. The lowest BCUT2D eigenvalue weighted by atomic mass is 9.93. The molecule has 0 bridgehead atoms. The van der Waals surface area contributed by atoms with Crippen LogP contribution in [0.4, 0.5) is 11.5 Å². The quantitative estimate of drug-likeness (QED) is 0.213. The number of anilines is 2. The van der Waals surface area contributed by atoms with E-state index in [1.54, 1.807) is 18.2 Å². The van der Waals surface area contributed by atoms with Crippen molar-refractivity contribution in [2.45, 2.75) is 25.2 Å². The normalized spacial score (nSPS) is 13.5. The van der Waals surface area contributed by atoms with Crippen LogP contribution in [-0.2, 0) is 10.2 Å². The zero-order valence-electron chi connectivity index (χ0n) is 21.7. The van der Waals surface area contributed by atoms with Crippen molar-refractivity contribution in [2.75, 3.05) is 5.32 Å². The zero-order valence-corrected chi connectivity index (χ0v) is 21.7. The van der Waals surface area contributed by atoms with E-state index in [0.29, 0.717) is 47.1 Å². The highest BCUT2D eigenvalue weighted by atomic mass is 16.5. The Hall–Kier alpha value is -5.24. The van der Waals surface area contributed by atoms with Gasteiger partial charge < -0.3 is 20.7 Å². The second kappa shape index (κ2) is 9.81. The van der Waals surface area contributed by atoms with E-state index in [1.165, 1.54) is 0 Å². The van der Waals surface area contributed by atoms with Crippen LogP contribution in [-0.4, -0.2) is 27.1 Å². The first kappa shape index (κ1) is 25.1. The summed E-state index contributed by atoms with van der Waals surface area (Å²) in [4.78, 5) is 28.0. The van der Waals surface area contributed by atoms with Crippen LogP contribution in [0.25, 0.3) is 33.7 Å². The predicted octanol–water partition coefficient (Wildman–Crippen LogP) is 6.34. The Bertz CT molecular complexity index is 1740. The summed E-state index contributed by atoms with van der Waals surface area (Å²) in [5, 5.41) is 17.1. The van der Waals surface area contributed by atoms with Crippen LogP contribution in [0.2, 0.25) is 0 Å². The number of aliphatic carboxylic acids is 1. The highest BCUT2D eigenvalue weighted by Crippen LogP contribution is 2.48. The van der Waals surface area contributed by atoms with Gasteiger partial charge in [0.25, 0.3) is 0 Å². The summed E-state index contributed by atoms with van der Waals surface area (Å²) in [7, 11) is 0. The average Bonchev–Trinajstić information content (AvgIpc) is 3.73. The monoisotopic (exact) mass is 530 g/mol. The summed E-state index contributed by atoms with van der Waals surface area (Å²) in [6.07, 6.45) is 1.37. The van der Waals surface area contributed by atoms with Crippen LogP contribution in [0.15, 0.2) is 95.5 Å². The summed E-state index contributed by atoms with van der Waals surface area (Å²) < 4.78 is 5.69. The molecule has 40 heavy (non-hydrogen) atoms. The van der Waals surface area contributed by atoms with Gasteiger partial charge in [-0.15, -0.1) is 0 Å². The third-order valence-corrected chi connectivity index (χ3v) is 7.39. The lowest BCUT2D eigenvalue weighted by Crippen LogP contribution is -2.19. The Morgan fingerprint density at radius 3 is 2.17 bits per heavy atom. The molecule has 6 rings (SSSR count). The van der Waals surface area contributed by atoms with E-state index < -0.39 is 17.3 Å². The molecule has 0 saturated heterocycles. The van der Waals surface area contributed by atoms with Gasteiger partial charge in [-0.1, -0.05) is 71.9 Å². The molecule has 3 aromatic carbocycles. The average molecular weight is 531 g/mol. The smallest absolute Gasteiger partial charge is 0.314 e. The number of amides is 1. The molecule has 198 valence electrons. The first-order chi connectivity index (χ1) is 19.3. The highest BCUT2D eigenvalue weighted by molar-refractivity contribution is 5.94. The molecule has 2 heterocycles. The van der Waals surface area contributed by atoms with Crippen molar-refractivity contribution in [3.63, 3.8) is 0 Å². The van der Waals surface area contributed by atoms with E-state index in [1.807, 2.05) is 79.7 Å². The fourth-order valence-corrected chi connectivity index (χ4v) is 4.89. The number of carboxylic acids is 1. The van der Waals surface area contributed by atoms with Crippen LogP contribution in [0, 0.1) is 6.92 Å². The number of pyridine rings is 1. The second-order valence-electron chi connectivity index (χ2n) is 9.99. The number of aromatic nitrogens is 2. The molecule has 0 unspecified atom stereocenters. The lowest BCUT2D eigenvalue weighted by molar-refractivity contribution is -0.140. The van der Waals surface area contributed by atoms with Gasteiger partial charge in [0.15, 0.2) is 5.76 Å². The standard InChI is InChI=1S/C32H26N4O4/c1-19-28(35-27-7-3-6-26(34-27)23-4-2-5-24(18-23)30(33)37)29(40-36-19)22-10-8-20(9-11-22)21-12-14-25(15-13-21)32(16-17-32)31(38)39/h2-15,18H,16-17H2,1H3,(H2,33,37)(H,34,35)(H,38,39). The molecular weight excluding hydrogens is 504 g/mol. The summed E-state index contributed by atoms with van der Waals surface area (Å²) in [6.45, 7) is 1.86. The molecule has 5 aromatic rings. The Kier molecular flexibility index (Phi) is 6.15. The van der Waals surface area contributed by atoms with Crippen molar-refractivity contribution >= 4 is 23.4 Å². The predicted molar refractivity (Wildman–Crippen MR) is 152 cm³/mol. The van der Waals surface area contributed by atoms with Crippen LogP contribution in [0.1, 0.15) is 34.5 Å². The fraction of sp³-hybridized carbons (Fsp3) is 0.125. The topological polar surface area (TPSA) is 131 Å². The van der Waals surface area contributed by atoms with Crippen molar-refractivity contribution in [1.82, 2.24) is 10.1 Å². The Balaban J connectivity index is 1.24. The summed E-state index contributed by atoms with van der Waals surface area (Å²) >= 11 is 0. The third-order valence-electron chi connectivity index (χ3n) is 7.39. The molecule has 1 fully saturated rings. The van der Waals surface area contributed by atoms with Crippen LogP contribution >= 0.6 is 0 Å². The maximum atomic E-state index is 11.6. The second-order valence-corrected chi connectivity index (χ2v) is 9.99. The Morgan fingerprint density at radius 1 is 0.875 bits per heavy atom. The van der Waals surface area contributed by atoms with Gasteiger partial charge in [-0.25, -0.2) is 4.98 Å². The van der Waals surface area contributed by atoms with Crippen molar-refractivity contribution in [3.8, 4) is 33.7 Å². The third kappa shape index (κ3) is 4.60. The van der Waals surface area contributed by atoms with E-state index in [-0.39, 0.29) is 0 Å². The molecular formula is C32H26N4O4. The molecule has 1 aliphatic carbocycles. The van der Waals surface area contributed by atoms with Crippen molar-refractivity contribution < 1.29 is 19.2 Å². The number of hydrogen-bond donors (Lipinski definition) is 3. The molecule has 8 heteroatoms. The number of carbonyl (C=O) groups is 2. The van der Waals surface area contributed by atoms with Crippen LogP contribution in [0.3, 0.4) is 0 Å². The Labute approximate surface area is 230 Å². The number of nitrogens with zero attached hydrogens (tertiary/aromatic N) is 2. The number of carboxylic acid groups (broad SMARTS) is 1. The van der Waals surface area contributed by atoms with Gasteiger partial charge in [0.1, 0.15) is 17.2 Å². The van der Waals surface area contributed by atoms with Gasteiger partial charge in [-0.05, 0) is 60.7 Å². The molecule has 4 N–H and O–H groups in total. The number of rotatable bonds is 8. The number of nitrogens with two attached hydrogens (primary N) is 1. The number of aryl methyl sites for hydroxylation is 1. The molecule has 0 spiro atoms. The SMILES string of the molecule is Cc1noc(-c2ccc(-c3ccc(C4(C(=O)O)CC4)cc3)cc2)c1Nc1cccc(-c2cccc(C(N)=O)c2)n1. The van der Waals surface area contributed by atoms with E-state index in [0.717, 1.165) is 27.8 Å². The van der Waals surface area contributed by atoms with Crippen molar-refractivity contribution in [1.29, 1.82) is 0 Å². The molecule has 2 aromatic heterocycles. The fourth-order valence-electron chi connectivity index (χ4n) is 4.89. The number of carbonyl (C=O) groups excluding carboxylic acids is 1. The van der Waals surface area contributed by atoms with Crippen molar-refractivity contribution in [2.24, 2.45) is 5.73 Å². The highest BCUT2D eigenvalue weighted by Gasteiger charge is 2.51. The van der Waals surface area contributed by atoms with Gasteiger partial charge in [-0.3, -0.25) is 9.59 Å². The number of hydrogen-bond acceptors (Lipinski definition) is 6. The number of primary amides is 1. The number of benzene rings is 3. The minimum absolute atomic E-state index is 0.418. The van der Waals surface area contributed by atoms with E-state index >= 15 is 0 Å². The molecule has 8 nitrogen and oxygen atoms in total. The molecule has 1 amide bonds. The number of nitrogens with one attached hydrogen (secondary N) is 1.